The monoisotopic (exact) mass is 270 g/mol. The van der Waals surface area contributed by atoms with Gasteiger partial charge >= 0.3 is 0 Å². The van der Waals surface area contributed by atoms with E-state index < -0.39 is 0 Å². The van der Waals surface area contributed by atoms with Crippen LogP contribution in [0.1, 0.15) is 26.2 Å². The Morgan fingerprint density at radius 2 is 2.39 bits per heavy atom. The van der Waals surface area contributed by atoms with E-state index in [1.54, 1.807) is 0 Å². The predicted molar refractivity (Wildman–Crippen MR) is 72.9 cm³/mol. The summed E-state index contributed by atoms with van der Waals surface area (Å²) in [5.41, 5.74) is 6.37. The Kier molecular flexibility index (Phi) is 4.60. The Hall–Kier alpha value is -1.07. The number of piperidine rings is 1. The summed E-state index contributed by atoms with van der Waals surface area (Å²) in [6, 6.07) is 0. The van der Waals surface area contributed by atoms with Crippen molar-refractivity contribution < 1.29 is 4.74 Å². The summed E-state index contributed by atoms with van der Waals surface area (Å²) in [7, 11) is 0. The predicted octanol–water partition coefficient (Wildman–Crippen LogP) is 2.11. The molecule has 0 radical (unpaired) electrons. The first kappa shape index (κ1) is 13.4. The number of hydrogen-bond acceptors (Lipinski definition) is 5. The lowest BCUT2D eigenvalue weighted by Gasteiger charge is -2.33. The molecule has 1 fully saturated rings. The van der Waals surface area contributed by atoms with Crippen molar-refractivity contribution in [3.63, 3.8) is 0 Å². The normalized spacial score (nSPS) is 20.1. The van der Waals surface area contributed by atoms with E-state index in [2.05, 4.69) is 21.8 Å². The summed E-state index contributed by atoms with van der Waals surface area (Å²) in [6.07, 6.45) is 4.92. The van der Waals surface area contributed by atoms with Gasteiger partial charge in [0.2, 0.25) is 0 Å². The SMILES string of the molecule is CCCOC1CCCN(c2ncnc(Cl)c2N)C1. The second-order valence-corrected chi connectivity index (χ2v) is 4.84. The summed E-state index contributed by atoms with van der Waals surface area (Å²) in [5, 5.41) is 0.316. The van der Waals surface area contributed by atoms with Crippen LogP contribution in [-0.2, 0) is 4.74 Å². The first-order chi connectivity index (χ1) is 8.72. The molecule has 0 spiro atoms. The maximum atomic E-state index is 5.92. The van der Waals surface area contributed by atoms with Crippen LogP contribution in [0.4, 0.5) is 11.5 Å². The fourth-order valence-electron chi connectivity index (χ4n) is 2.17. The van der Waals surface area contributed by atoms with Crippen LogP contribution in [0.2, 0.25) is 5.15 Å². The van der Waals surface area contributed by atoms with Gasteiger partial charge in [0.05, 0.1) is 6.10 Å². The van der Waals surface area contributed by atoms with Crippen LogP contribution in [0.5, 0.6) is 0 Å². The molecule has 2 N–H and O–H groups in total. The molecule has 0 saturated carbocycles. The molecule has 1 aromatic heterocycles. The van der Waals surface area contributed by atoms with Crippen LogP contribution in [0.15, 0.2) is 6.33 Å². The number of nitrogens with zero attached hydrogens (tertiary/aromatic N) is 3. The van der Waals surface area contributed by atoms with E-state index in [0.717, 1.165) is 44.8 Å². The molecule has 100 valence electrons. The molecule has 6 heteroatoms. The van der Waals surface area contributed by atoms with Gasteiger partial charge in [-0.15, -0.1) is 0 Å². The Bertz CT molecular complexity index is 402. The van der Waals surface area contributed by atoms with Crippen molar-refractivity contribution >= 4 is 23.1 Å². The Balaban J connectivity index is 2.06. The Morgan fingerprint density at radius 1 is 1.56 bits per heavy atom. The minimum absolute atomic E-state index is 0.256. The third-order valence-corrected chi connectivity index (χ3v) is 3.35. The zero-order valence-corrected chi connectivity index (χ0v) is 11.4. The van der Waals surface area contributed by atoms with Gasteiger partial charge in [-0.25, -0.2) is 9.97 Å². The number of rotatable bonds is 4. The first-order valence-electron chi connectivity index (χ1n) is 6.35. The molecule has 0 bridgehead atoms. The van der Waals surface area contributed by atoms with Gasteiger partial charge in [0, 0.05) is 19.7 Å². The standard InChI is InChI=1S/C12H19ClN4O/c1-2-6-18-9-4-3-5-17(7-9)12-10(14)11(13)15-8-16-12/h8-9H,2-7,14H2,1H3. The van der Waals surface area contributed by atoms with Crippen molar-refractivity contribution in [2.45, 2.75) is 32.3 Å². The van der Waals surface area contributed by atoms with E-state index in [0.29, 0.717) is 10.8 Å². The van der Waals surface area contributed by atoms with E-state index in [1.807, 2.05) is 0 Å². The highest BCUT2D eigenvalue weighted by Crippen LogP contribution is 2.28. The molecule has 1 aromatic rings. The number of nitrogen functional groups attached to an aromatic ring is 1. The van der Waals surface area contributed by atoms with Crippen molar-refractivity contribution in [3.8, 4) is 0 Å². The zero-order valence-electron chi connectivity index (χ0n) is 10.6. The van der Waals surface area contributed by atoms with Crippen LogP contribution >= 0.6 is 11.6 Å². The number of halogens is 1. The molecule has 1 atom stereocenters. The molecular formula is C12H19ClN4O. The van der Waals surface area contributed by atoms with E-state index in [9.17, 15) is 0 Å². The highest BCUT2D eigenvalue weighted by Gasteiger charge is 2.23. The molecule has 5 nitrogen and oxygen atoms in total. The average Bonchev–Trinajstić information content (AvgIpc) is 2.40. The second-order valence-electron chi connectivity index (χ2n) is 4.48. The van der Waals surface area contributed by atoms with Gasteiger partial charge in [-0.2, -0.15) is 0 Å². The van der Waals surface area contributed by atoms with Gasteiger partial charge < -0.3 is 15.4 Å². The van der Waals surface area contributed by atoms with Crippen molar-refractivity contribution in [3.05, 3.63) is 11.5 Å². The zero-order chi connectivity index (χ0) is 13.0. The number of nitrogens with two attached hydrogens (primary N) is 1. The lowest BCUT2D eigenvalue weighted by Crippen LogP contribution is -2.40. The summed E-state index contributed by atoms with van der Waals surface area (Å²) in [6.45, 7) is 4.67. The van der Waals surface area contributed by atoms with Crippen LogP contribution in [0.25, 0.3) is 0 Å². The molecule has 1 aliphatic rings. The Labute approximate surface area is 112 Å². The lowest BCUT2D eigenvalue weighted by molar-refractivity contribution is 0.0439. The fourth-order valence-corrected chi connectivity index (χ4v) is 2.30. The maximum Gasteiger partial charge on any atom is 0.157 e. The van der Waals surface area contributed by atoms with Crippen molar-refractivity contribution in [1.29, 1.82) is 0 Å². The van der Waals surface area contributed by atoms with Gasteiger partial charge in [-0.05, 0) is 19.3 Å². The molecule has 1 saturated heterocycles. The fraction of sp³-hybridized carbons (Fsp3) is 0.667. The van der Waals surface area contributed by atoms with Crippen molar-refractivity contribution in [2.75, 3.05) is 30.3 Å². The van der Waals surface area contributed by atoms with Gasteiger partial charge in [0.15, 0.2) is 11.0 Å². The number of anilines is 2. The van der Waals surface area contributed by atoms with Gasteiger partial charge in [-0.1, -0.05) is 18.5 Å². The highest BCUT2D eigenvalue weighted by molar-refractivity contribution is 6.32. The minimum Gasteiger partial charge on any atom is -0.393 e. The Morgan fingerprint density at radius 3 is 3.17 bits per heavy atom. The topological polar surface area (TPSA) is 64.3 Å². The van der Waals surface area contributed by atoms with Gasteiger partial charge in [0.1, 0.15) is 12.0 Å². The highest BCUT2D eigenvalue weighted by atomic mass is 35.5. The average molecular weight is 271 g/mol. The van der Waals surface area contributed by atoms with Crippen LogP contribution in [0.3, 0.4) is 0 Å². The number of aromatic nitrogens is 2. The lowest BCUT2D eigenvalue weighted by atomic mass is 10.1. The molecule has 18 heavy (non-hydrogen) atoms. The maximum absolute atomic E-state index is 5.92. The summed E-state index contributed by atoms with van der Waals surface area (Å²) in [5.74, 6) is 0.722. The van der Waals surface area contributed by atoms with Crippen LogP contribution < -0.4 is 10.6 Å². The first-order valence-corrected chi connectivity index (χ1v) is 6.72. The molecule has 1 unspecified atom stereocenters. The van der Waals surface area contributed by atoms with Crippen molar-refractivity contribution in [1.82, 2.24) is 9.97 Å². The molecule has 0 amide bonds. The molecule has 1 aliphatic heterocycles. The third kappa shape index (κ3) is 3.03. The summed E-state index contributed by atoms with van der Waals surface area (Å²) < 4.78 is 5.80. The quantitative estimate of drug-likeness (QED) is 0.849. The largest absolute Gasteiger partial charge is 0.393 e. The van der Waals surface area contributed by atoms with E-state index in [1.165, 1.54) is 6.33 Å². The van der Waals surface area contributed by atoms with Crippen LogP contribution in [0, 0.1) is 0 Å². The molecule has 0 aromatic carbocycles. The molecule has 2 rings (SSSR count). The van der Waals surface area contributed by atoms with Crippen molar-refractivity contribution in [2.24, 2.45) is 0 Å². The van der Waals surface area contributed by atoms with E-state index in [-0.39, 0.29) is 6.10 Å². The van der Waals surface area contributed by atoms with Gasteiger partial charge in [0.25, 0.3) is 0 Å². The van der Waals surface area contributed by atoms with Gasteiger partial charge in [-0.3, -0.25) is 0 Å². The number of hydrogen-bond donors (Lipinski definition) is 1. The molecule has 2 heterocycles. The minimum atomic E-state index is 0.256. The smallest absolute Gasteiger partial charge is 0.157 e. The van der Waals surface area contributed by atoms with E-state index >= 15 is 0 Å². The second kappa shape index (κ2) is 6.20. The molecular weight excluding hydrogens is 252 g/mol. The summed E-state index contributed by atoms with van der Waals surface area (Å²) in [4.78, 5) is 10.2. The molecule has 0 aliphatic carbocycles. The summed E-state index contributed by atoms with van der Waals surface area (Å²) >= 11 is 5.92. The third-order valence-electron chi connectivity index (χ3n) is 3.05. The number of ether oxygens (including phenoxy) is 1. The van der Waals surface area contributed by atoms with Crippen LogP contribution in [-0.4, -0.2) is 35.8 Å². The van der Waals surface area contributed by atoms with E-state index in [4.69, 9.17) is 22.1 Å².